The first kappa shape index (κ1) is 21.5. The van der Waals surface area contributed by atoms with Gasteiger partial charge in [-0.25, -0.2) is 18.2 Å². The molecular weight excluding hydrogens is 448 g/mol. The number of nitrogens with zero attached hydrogens (tertiary/aromatic N) is 4. The Morgan fingerprint density at radius 2 is 1.41 bits per heavy atom. The molecular formula is C26H20N4O3S. The van der Waals surface area contributed by atoms with E-state index in [0.717, 1.165) is 24.8 Å². The summed E-state index contributed by atoms with van der Waals surface area (Å²) in [6, 6.07) is 26.7. The second kappa shape index (κ2) is 8.92. The summed E-state index contributed by atoms with van der Waals surface area (Å²) in [7, 11) is -4.34. The predicted octanol–water partition coefficient (Wildman–Crippen LogP) is 4.53. The minimum absolute atomic E-state index is 0.218. The van der Waals surface area contributed by atoms with E-state index in [1.54, 1.807) is 54.7 Å². The van der Waals surface area contributed by atoms with Gasteiger partial charge in [-0.3, -0.25) is 4.79 Å². The molecule has 5 rings (SSSR count). The van der Waals surface area contributed by atoms with Crippen LogP contribution in [0.5, 0.6) is 0 Å². The Labute approximate surface area is 197 Å². The van der Waals surface area contributed by atoms with Crippen molar-refractivity contribution in [2.75, 3.05) is 0 Å². The largest absolute Gasteiger partial charge is 0.333 e. The first-order valence-corrected chi connectivity index (χ1v) is 12.0. The first-order chi connectivity index (χ1) is 16.6. The SMILES string of the molecule is O=C(c1ccccc1)N(Cc1ncccn1)S(=O)(=O)n1cc(-c2ccccc2)c2ccccc21. The molecule has 0 N–H and O–H groups in total. The molecule has 0 aliphatic rings. The molecule has 7 nitrogen and oxygen atoms in total. The third kappa shape index (κ3) is 3.95. The van der Waals surface area contributed by atoms with Crippen molar-refractivity contribution in [3.8, 4) is 11.1 Å². The number of rotatable bonds is 6. The van der Waals surface area contributed by atoms with Crippen LogP contribution in [0.4, 0.5) is 0 Å². The van der Waals surface area contributed by atoms with Gasteiger partial charge < -0.3 is 0 Å². The zero-order valence-electron chi connectivity index (χ0n) is 18.0. The van der Waals surface area contributed by atoms with E-state index in [4.69, 9.17) is 0 Å². The number of hydrogen-bond donors (Lipinski definition) is 0. The van der Waals surface area contributed by atoms with Crippen molar-refractivity contribution in [3.05, 3.63) is 121 Å². The van der Waals surface area contributed by atoms with E-state index in [1.165, 1.54) is 12.4 Å². The fourth-order valence-electron chi connectivity index (χ4n) is 3.82. The number of para-hydroxylation sites is 1. The van der Waals surface area contributed by atoms with Crippen LogP contribution in [0, 0.1) is 0 Å². The molecule has 0 spiro atoms. The Hall–Kier alpha value is -4.30. The highest BCUT2D eigenvalue weighted by molar-refractivity contribution is 7.88. The summed E-state index contributed by atoms with van der Waals surface area (Å²) in [6.45, 7) is -0.302. The number of benzene rings is 3. The minimum atomic E-state index is -4.34. The maximum atomic E-state index is 14.0. The van der Waals surface area contributed by atoms with Gasteiger partial charge in [-0.05, 0) is 29.8 Å². The van der Waals surface area contributed by atoms with Gasteiger partial charge in [-0.1, -0.05) is 66.7 Å². The second-order valence-electron chi connectivity index (χ2n) is 7.57. The number of carbonyl (C=O) groups excluding carboxylic acids is 1. The molecule has 1 amide bonds. The van der Waals surface area contributed by atoms with Gasteiger partial charge in [0.25, 0.3) is 5.91 Å². The summed E-state index contributed by atoms with van der Waals surface area (Å²) in [4.78, 5) is 21.7. The third-order valence-corrected chi connectivity index (χ3v) is 7.09. The molecule has 34 heavy (non-hydrogen) atoms. The molecule has 0 fully saturated rings. The van der Waals surface area contributed by atoms with Crippen LogP contribution in [0.1, 0.15) is 16.2 Å². The van der Waals surface area contributed by atoms with Crippen LogP contribution in [0.25, 0.3) is 22.0 Å². The summed E-state index contributed by atoms with van der Waals surface area (Å²) < 4.78 is 30.0. The Balaban J connectivity index is 1.68. The average molecular weight is 469 g/mol. The van der Waals surface area contributed by atoms with Crippen molar-refractivity contribution in [2.45, 2.75) is 6.54 Å². The van der Waals surface area contributed by atoms with Crippen LogP contribution < -0.4 is 0 Å². The molecule has 0 aliphatic heterocycles. The normalized spacial score (nSPS) is 11.4. The lowest BCUT2D eigenvalue weighted by atomic mass is 10.1. The van der Waals surface area contributed by atoms with E-state index in [0.29, 0.717) is 5.52 Å². The molecule has 0 saturated heterocycles. The maximum absolute atomic E-state index is 14.0. The highest BCUT2D eigenvalue weighted by atomic mass is 32.2. The highest BCUT2D eigenvalue weighted by Crippen LogP contribution is 2.32. The van der Waals surface area contributed by atoms with Crippen molar-refractivity contribution in [1.29, 1.82) is 0 Å². The van der Waals surface area contributed by atoms with Gasteiger partial charge in [0.05, 0.1) is 12.1 Å². The molecule has 0 bridgehead atoms. The number of aromatic nitrogens is 3. The summed E-state index contributed by atoms with van der Waals surface area (Å²) in [5.74, 6) is -0.442. The highest BCUT2D eigenvalue weighted by Gasteiger charge is 2.32. The molecule has 0 atom stereocenters. The van der Waals surface area contributed by atoms with Gasteiger partial charge in [0, 0.05) is 35.1 Å². The van der Waals surface area contributed by atoms with Gasteiger partial charge in [0.1, 0.15) is 5.82 Å². The van der Waals surface area contributed by atoms with E-state index < -0.39 is 16.1 Å². The number of fused-ring (bicyclic) bond motifs is 1. The summed E-state index contributed by atoms with van der Waals surface area (Å²) >= 11 is 0. The molecule has 0 radical (unpaired) electrons. The molecule has 8 heteroatoms. The molecule has 0 saturated carbocycles. The Morgan fingerprint density at radius 1 is 0.794 bits per heavy atom. The van der Waals surface area contributed by atoms with Crippen LogP contribution >= 0.6 is 0 Å². The molecule has 0 aliphatic carbocycles. The van der Waals surface area contributed by atoms with Gasteiger partial charge >= 0.3 is 10.2 Å². The van der Waals surface area contributed by atoms with Gasteiger partial charge in [0.15, 0.2) is 0 Å². The lowest BCUT2D eigenvalue weighted by Gasteiger charge is -2.23. The summed E-state index contributed by atoms with van der Waals surface area (Å²) in [5, 5.41) is 0.764. The standard InChI is InChI=1S/C26H20N4O3S/c31-26(21-12-5-2-6-13-21)30(19-25-27-16-9-17-28-25)34(32,33)29-18-23(20-10-3-1-4-11-20)22-14-7-8-15-24(22)29/h1-18H,19H2. The van der Waals surface area contributed by atoms with Crippen LogP contribution in [0.15, 0.2) is 110 Å². The lowest BCUT2D eigenvalue weighted by molar-refractivity contribution is 0.0851. The molecule has 168 valence electrons. The topological polar surface area (TPSA) is 85.2 Å². The quantitative estimate of drug-likeness (QED) is 0.365. The number of carbonyl (C=O) groups is 1. The van der Waals surface area contributed by atoms with Crippen molar-refractivity contribution in [2.24, 2.45) is 0 Å². The fraction of sp³-hybridized carbons (Fsp3) is 0.0385. The molecule has 3 aromatic carbocycles. The zero-order valence-corrected chi connectivity index (χ0v) is 18.8. The number of hydrogen-bond acceptors (Lipinski definition) is 5. The van der Waals surface area contributed by atoms with Crippen LogP contribution in [-0.4, -0.2) is 32.6 Å². The lowest BCUT2D eigenvalue weighted by Crippen LogP contribution is -2.40. The van der Waals surface area contributed by atoms with Crippen LogP contribution in [0.3, 0.4) is 0 Å². The third-order valence-electron chi connectivity index (χ3n) is 5.44. The van der Waals surface area contributed by atoms with E-state index in [-0.39, 0.29) is 17.9 Å². The van der Waals surface area contributed by atoms with Gasteiger partial charge in [-0.15, -0.1) is 0 Å². The second-order valence-corrected chi connectivity index (χ2v) is 9.30. The fourth-order valence-corrected chi connectivity index (χ4v) is 5.27. The monoisotopic (exact) mass is 468 g/mol. The first-order valence-electron chi connectivity index (χ1n) is 10.6. The zero-order chi connectivity index (χ0) is 23.5. The van der Waals surface area contributed by atoms with E-state index in [2.05, 4.69) is 9.97 Å². The maximum Gasteiger partial charge on any atom is 0.333 e. The van der Waals surface area contributed by atoms with Gasteiger partial charge in [0.2, 0.25) is 0 Å². The van der Waals surface area contributed by atoms with Crippen molar-refractivity contribution < 1.29 is 13.2 Å². The Morgan fingerprint density at radius 3 is 2.12 bits per heavy atom. The molecule has 0 unspecified atom stereocenters. The van der Waals surface area contributed by atoms with Crippen LogP contribution in [0.2, 0.25) is 0 Å². The van der Waals surface area contributed by atoms with E-state index >= 15 is 0 Å². The molecule has 2 aromatic heterocycles. The van der Waals surface area contributed by atoms with E-state index in [9.17, 15) is 13.2 Å². The van der Waals surface area contributed by atoms with Crippen molar-refractivity contribution >= 4 is 27.0 Å². The molecule has 2 heterocycles. The number of amides is 1. The smallest absolute Gasteiger partial charge is 0.268 e. The average Bonchev–Trinajstić information content (AvgIpc) is 3.29. The van der Waals surface area contributed by atoms with Crippen molar-refractivity contribution in [1.82, 2.24) is 18.2 Å². The predicted molar refractivity (Wildman–Crippen MR) is 130 cm³/mol. The summed E-state index contributed by atoms with van der Waals surface area (Å²) in [6.07, 6.45) is 4.59. The van der Waals surface area contributed by atoms with Crippen LogP contribution in [-0.2, 0) is 16.8 Å². The van der Waals surface area contributed by atoms with E-state index in [1.807, 2.05) is 42.5 Å². The Kier molecular flexibility index (Phi) is 5.65. The minimum Gasteiger partial charge on any atom is -0.268 e. The van der Waals surface area contributed by atoms with Crippen molar-refractivity contribution in [3.63, 3.8) is 0 Å². The Bertz CT molecular complexity index is 1550. The molecule has 5 aromatic rings. The van der Waals surface area contributed by atoms with Gasteiger partial charge in [-0.2, -0.15) is 8.42 Å². The summed E-state index contributed by atoms with van der Waals surface area (Å²) in [5.41, 5.74) is 2.35.